The molecule has 1 radical (unpaired) electrons. The topological polar surface area (TPSA) is 44.8 Å². The highest BCUT2D eigenvalue weighted by atomic mass is 16.5. The molecule has 0 amide bonds. The highest BCUT2D eigenvalue weighted by Gasteiger charge is 2.15. The van der Waals surface area contributed by atoms with E-state index in [1.165, 1.54) is 6.47 Å². The van der Waals surface area contributed by atoms with Gasteiger partial charge < -0.3 is 14.2 Å². The van der Waals surface area contributed by atoms with Crippen molar-refractivity contribution >= 4 is 6.47 Å². The number of carbonyl (C=O) groups excluding carboxylic acids is 1. The highest BCUT2D eigenvalue weighted by Crippen LogP contribution is 2.28. The Morgan fingerprint density at radius 1 is 0.800 bits per heavy atom. The van der Waals surface area contributed by atoms with Gasteiger partial charge in [-0.1, -0.05) is 24.3 Å². The predicted molar refractivity (Wildman–Crippen MR) is 74.6 cm³/mol. The molecule has 0 fully saturated rings. The molecule has 0 saturated carbocycles. The molecule has 0 aliphatic carbocycles. The molecule has 0 saturated heterocycles. The van der Waals surface area contributed by atoms with Crippen LogP contribution in [0.3, 0.4) is 0 Å². The van der Waals surface area contributed by atoms with E-state index in [0.29, 0.717) is 0 Å². The van der Waals surface area contributed by atoms with E-state index in [-0.39, 0.29) is 0 Å². The van der Waals surface area contributed by atoms with Gasteiger partial charge in [-0.2, -0.15) is 0 Å². The van der Waals surface area contributed by atoms with Crippen LogP contribution in [0, 0.1) is 0 Å². The van der Waals surface area contributed by atoms with Gasteiger partial charge in [0.2, 0.25) is 0 Å². The summed E-state index contributed by atoms with van der Waals surface area (Å²) < 4.78 is 15.3. The maximum Gasteiger partial charge on any atom is 0.418 e. The minimum Gasteiger partial charge on any atom is -0.497 e. The molecular weight excluding hydrogens is 256 g/mol. The largest absolute Gasteiger partial charge is 0.497 e. The van der Waals surface area contributed by atoms with Gasteiger partial charge in [-0.15, -0.1) is 0 Å². The van der Waals surface area contributed by atoms with Crippen LogP contribution < -0.4 is 9.47 Å². The highest BCUT2D eigenvalue weighted by molar-refractivity contribution is 5.44. The van der Waals surface area contributed by atoms with Crippen molar-refractivity contribution in [1.29, 1.82) is 0 Å². The summed E-state index contributed by atoms with van der Waals surface area (Å²) >= 11 is 0. The summed E-state index contributed by atoms with van der Waals surface area (Å²) in [6.07, 6.45) is -0.496. The Morgan fingerprint density at radius 2 is 1.20 bits per heavy atom. The van der Waals surface area contributed by atoms with Crippen LogP contribution in [0.25, 0.3) is 0 Å². The lowest BCUT2D eigenvalue weighted by Crippen LogP contribution is -2.05. The molecule has 2 rings (SSSR count). The minimum atomic E-state index is -0.496. The molecule has 0 aromatic heterocycles. The van der Waals surface area contributed by atoms with E-state index in [1.54, 1.807) is 14.2 Å². The smallest absolute Gasteiger partial charge is 0.418 e. The van der Waals surface area contributed by atoms with E-state index in [1.807, 2.05) is 48.5 Å². The fourth-order valence-electron chi connectivity index (χ4n) is 1.93. The van der Waals surface area contributed by atoms with Crippen LogP contribution in [-0.2, 0) is 9.53 Å². The molecule has 0 aliphatic rings. The third-order valence-corrected chi connectivity index (χ3v) is 3.00. The summed E-state index contributed by atoms with van der Waals surface area (Å²) in [5.74, 6) is 1.50. The third kappa shape index (κ3) is 3.09. The molecule has 0 spiro atoms. The molecule has 0 bridgehead atoms. The first-order chi connectivity index (χ1) is 9.78. The van der Waals surface area contributed by atoms with Gasteiger partial charge >= 0.3 is 6.47 Å². The van der Waals surface area contributed by atoms with Gasteiger partial charge in [-0.05, 0) is 35.4 Å². The second-order valence-electron chi connectivity index (χ2n) is 4.13. The normalized spacial score (nSPS) is 10.2. The van der Waals surface area contributed by atoms with E-state index in [9.17, 15) is 4.79 Å². The lowest BCUT2D eigenvalue weighted by molar-refractivity contribution is 0.216. The van der Waals surface area contributed by atoms with E-state index in [2.05, 4.69) is 0 Å². The van der Waals surface area contributed by atoms with Gasteiger partial charge in [0.1, 0.15) is 11.5 Å². The summed E-state index contributed by atoms with van der Waals surface area (Å²) in [5, 5.41) is 0. The van der Waals surface area contributed by atoms with Crippen LogP contribution in [0.1, 0.15) is 17.2 Å². The number of hydrogen-bond acceptors (Lipinski definition) is 4. The molecule has 0 aliphatic heterocycles. The average Bonchev–Trinajstić information content (AvgIpc) is 2.53. The second kappa shape index (κ2) is 6.61. The van der Waals surface area contributed by atoms with Crippen molar-refractivity contribution in [3.05, 3.63) is 59.7 Å². The molecule has 0 atom stereocenters. The molecule has 0 unspecified atom stereocenters. The first-order valence-electron chi connectivity index (χ1n) is 6.09. The van der Waals surface area contributed by atoms with Crippen molar-refractivity contribution < 1.29 is 19.0 Å². The van der Waals surface area contributed by atoms with Gasteiger partial charge in [-0.25, -0.2) is 4.79 Å². The van der Waals surface area contributed by atoms with Gasteiger partial charge in [0, 0.05) is 0 Å². The third-order valence-electron chi connectivity index (χ3n) is 3.00. The first-order valence-corrected chi connectivity index (χ1v) is 6.09. The number of rotatable bonds is 6. The maximum atomic E-state index is 10.6. The molecule has 0 heterocycles. The zero-order valence-corrected chi connectivity index (χ0v) is 11.3. The Bertz CT molecular complexity index is 498. The Kier molecular flexibility index (Phi) is 4.60. The van der Waals surface area contributed by atoms with Gasteiger partial charge in [0.15, 0.2) is 6.10 Å². The molecule has 20 heavy (non-hydrogen) atoms. The van der Waals surface area contributed by atoms with E-state index >= 15 is 0 Å². The average molecular weight is 271 g/mol. The summed E-state index contributed by atoms with van der Waals surface area (Å²) in [5.41, 5.74) is 1.69. The molecule has 4 heteroatoms. The van der Waals surface area contributed by atoms with Crippen LogP contribution in [-0.4, -0.2) is 20.7 Å². The molecule has 103 valence electrons. The molecular formula is C16H15O4. The van der Waals surface area contributed by atoms with Crippen molar-refractivity contribution in [3.63, 3.8) is 0 Å². The predicted octanol–water partition coefficient (Wildman–Crippen LogP) is 2.88. The number of hydrogen-bond donors (Lipinski definition) is 0. The lowest BCUT2D eigenvalue weighted by atomic mass is 10.0. The van der Waals surface area contributed by atoms with Gasteiger partial charge in [0.25, 0.3) is 0 Å². The van der Waals surface area contributed by atoms with E-state index in [4.69, 9.17) is 14.2 Å². The lowest BCUT2D eigenvalue weighted by Gasteiger charge is -2.16. The van der Waals surface area contributed by atoms with Crippen LogP contribution in [0.4, 0.5) is 0 Å². The Morgan fingerprint density at radius 3 is 1.50 bits per heavy atom. The Balaban J connectivity index is 2.30. The SMILES string of the molecule is COc1ccc(C(O[C]=O)c2ccc(OC)cc2)cc1. The van der Waals surface area contributed by atoms with Crippen molar-refractivity contribution in [2.24, 2.45) is 0 Å². The Labute approximate surface area is 117 Å². The van der Waals surface area contributed by atoms with E-state index in [0.717, 1.165) is 22.6 Å². The van der Waals surface area contributed by atoms with Crippen LogP contribution >= 0.6 is 0 Å². The fourth-order valence-corrected chi connectivity index (χ4v) is 1.93. The number of methoxy groups -OCH3 is 2. The van der Waals surface area contributed by atoms with Crippen molar-refractivity contribution in [2.45, 2.75) is 6.10 Å². The molecule has 0 N–H and O–H groups in total. The van der Waals surface area contributed by atoms with Gasteiger partial charge in [-0.3, -0.25) is 0 Å². The summed E-state index contributed by atoms with van der Waals surface area (Å²) in [6, 6.07) is 14.7. The summed E-state index contributed by atoms with van der Waals surface area (Å²) in [4.78, 5) is 10.6. The zero-order chi connectivity index (χ0) is 14.4. The Hall–Kier alpha value is -2.49. The fraction of sp³-hybridized carbons (Fsp3) is 0.188. The molecule has 4 nitrogen and oxygen atoms in total. The van der Waals surface area contributed by atoms with Crippen molar-refractivity contribution in [3.8, 4) is 11.5 Å². The standard InChI is InChI=1S/C16H15O4/c1-18-14-7-3-12(4-8-14)16(20-11-17)13-5-9-15(19-2)10-6-13/h3-10,16H,1-2H3. The van der Waals surface area contributed by atoms with Crippen LogP contribution in [0.5, 0.6) is 11.5 Å². The van der Waals surface area contributed by atoms with Crippen LogP contribution in [0.2, 0.25) is 0 Å². The first kappa shape index (κ1) is 13.9. The molecule has 2 aromatic carbocycles. The quantitative estimate of drug-likeness (QED) is 0.810. The molecule has 2 aromatic rings. The summed E-state index contributed by atoms with van der Waals surface area (Å²) in [6.45, 7) is 1.51. The monoisotopic (exact) mass is 271 g/mol. The van der Waals surface area contributed by atoms with Gasteiger partial charge in [0.05, 0.1) is 14.2 Å². The summed E-state index contributed by atoms with van der Waals surface area (Å²) in [7, 11) is 3.21. The van der Waals surface area contributed by atoms with E-state index < -0.39 is 6.10 Å². The zero-order valence-electron chi connectivity index (χ0n) is 11.3. The van der Waals surface area contributed by atoms with Crippen LogP contribution in [0.15, 0.2) is 48.5 Å². The number of benzene rings is 2. The number of ether oxygens (including phenoxy) is 3. The van der Waals surface area contributed by atoms with Crippen molar-refractivity contribution in [2.75, 3.05) is 14.2 Å². The minimum absolute atomic E-state index is 0.496. The maximum absolute atomic E-state index is 10.6. The second-order valence-corrected chi connectivity index (χ2v) is 4.13. The van der Waals surface area contributed by atoms with Crippen molar-refractivity contribution in [1.82, 2.24) is 0 Å².